The van der Waals surface area contributed by atoms with Gasteiger partial charge in [0, 0.05) is 23.5 Å². The molecular weight excluding hydrogens is 437 g/mol. The fourth-order valence-corrected chi connectivity index (χ4v) is 3.71. The third-order valence-corrected chi connectivity index (χ3v) is 5.65. The van der Waals surface area contributed by atoms with E-state index in [-0.39, 0.29) is 32.5 Å². The molecule has 3 aromatic carbocycles. The Hall–Kier alpha value is -3.50. The largest absolute Gasteiger partial charge is 0.322 e. The van der Waals surface area contributed by atoms with Gasteiger partial charge in [-0.05, 0) is 54.6 Å². The highest BCUT2D eigenvalue weighted by Gasteiger charge is 2.17. The van der Waals surface area contributed by atoms with Gasteiger partial charge in [0.2, 0.25) is 0 Å². The Kier molecular flexibility index (Phi) is 5.99. The molecule has 30 heavy (non-hydrogen) atoms. The Bertz CT molecular complexity index is 1220. The van der Waals surface area contributed by atoms with Crippen LogP contribution in [0.3, 0.4) is 0 Å². The quantitative estimate of drug-likeness (QED) is 0.426. The summed E-state index contributed by atoms with van der Waals surface area (Å²) >= 11 is 5.94. The van der Waals surface area contributed by atoms with Gasteiger partial charge >= 0.3 is 0 Å². The molecule has 0 aromatic heterocycles. The van der Waals surface area contributed by atoms with Crippen molar-refractivity contribution in [3.8, 4) is 0 Å². The molecule has 0 fully saturated rings. The van der Waals surface area contributed by atoms with Crippen molar-refractivity contribution in [2.45, 2.75) is 4.90 Å². The van der Waals surface area contributed by atoms with E-state index < -0.39 is 26.7 Å². The van der Waals surface area contributed by atoms with Crippen molar-refractivity contribution < 1.29 is 22.5 Å². The molecule has 0 aliphatic carbocycles. The van der Waals surface area contributed by atoms with E-state index >= 15 is 0 Å². The van der Waals surface area contributed by atoms with Gasteiger partial charge < -0.3 is 5.32 Å². The molecule has 0 aliphatic rings. The number of nitrogens with one attached hydrogen (secondary N) is 2. The molecule has 0 saturated heterocycles. The number of carbonyl (C=O) groups excluding carboxylic acids is 1. The molecule has 0 bridgehead atoms. The molecule has 3 aromatic rings. The lowest BCUT2D eigenvalue weighted by atomic mass is 10.2. The molecule has 0 spiro atoms. The van der Waals surface area contributed by atoms with Crippen molar-refractivity contribution in [1.29, 1.82) is 0 Å². The number of benzene rings is 3. The van der Waals surface area contributed by atoms with Gasteiger partial charge in [-0.15, -0.1) is 0 Å². The average Bonchev–Trinajstić information content (AvgIpc) is 2.70. The molecule has 0 heterocycles. The molecule has 1 amide bonds. The van der Waals surface area contributed by atoms with Gasteiger partial charge in [0.25, 0.3) is 21.6 Å². The minimum Gasteiger partial charge on any atom is -0.322 e. The molecule has 2 N–H and O–H groups in total. The summed E-state index contributed by atoms with van der Waals surface area (Å²) in [5.41, 5.74) is 0.0517. The Morgan fingerprint density at radius 2 is 1.57 bits per heavy atom. The number of carbonyl (C=O) groups is 1. The van der Waals surface area contributed by atoms with Crippen LogP contribution < -0.4 is 10.0 Å². The maximum absolute atomic E-state index is 12.9. The number of amides is 1. The van der Waals surface area contributed by atoms with Gasteiger partial charge in [-0.3, -0.25) is 19.6 Å². The third kappa shape index (κ3) is 4.91. The van der Waals surface area contributed by atoms with E-state index in [0.717, 1.165) is 18.2 Å². The molecule has 8 nitrogen and oxygen atoms in total. The first-order valence-electron chi connectivity index (χ1n) is 8.29. The normalized spacial score (nSPS) is 11.0. The van der Waals surface area contributed by atoms with Crippen LogP contribution in [0.4, 0.5) is 21.5 Å². The van der Waals surface area contributed by atoms with Crippen LogP contribution in [0.2, 0.25) is 5.02 Å². The first kappa shape index (κ1) is 21.2. The highest BCUT2D eigenvalue weighted by molar-refractivity contribution is 7.92. The van der Waals surface area contributed by atoms with E-state index in [9.17, 15) is 27.7 Å². The zero-order valence-electron chi connectivity index (χ0n) is 15.0. The molecule has 11 heteroatoms. The number of non-ortho nitro benzene ring substituents is 1. The summed E-state index contributed by atoms with van der Waals surface area (Å²) in [5.74, 6) is -1.19. The highest BCUT2D eigenvalue weighted by atomic mass is 35.5. The number of rotatable bonds is 6. The summed E-state index contributed by atoms with van der Waals surface area (Å²) in [6.45, 7) is 0. The standard InChI is InChI=1S/C19H13ClFN3O5S/c20-18-10-7-15(24(26)27)11-17(18)19(25)22-13-5-8-16(9-6-13)30(28,29)23-14-3-1-12(21)2-4-14/h1-11,23H,(H,22,25). The van der Waals surface area contributed by atoms with Crippen molar-refractivity contribution in [2.24, 2.45) is 0 Å². The summed E-state index contributed by atoms with van der Waals surface area (Å²) in [6.07, 6.45) is 0. The topological polar surface area (TPSA) is 118 Å². The van der Waals surface area contributed by atoms with Crippen molar-refractivity contribution in [2.75, 3.05) is 10.0 Å². The predicted molar refractivity (Wildman–Crippen MR) is 110 cm³/mol. The minimum atomic E-state index is -3.93. The third-order valence-electron chi connectivity index (χ3n) is 3.92. The number of anilines is 2. The zero-order chi connectivity index (χ0) is 21.9. The molecule has 0 aliphatic heterocycles. The number of hydrogen-bond acceptors (Lipinski definition) is 5. The number of sulfonamides is 1. The van der Waals surface area contributed by atoms with Crippen LogP contribution in [0.15, 0.2) is 71.6 Å². The lowest BCUT2D eigenvalue weighted by molar-refractivity contribution is -0.384. The van der Waals surface area contributed by atoms with E-state index in [1.54, 1.807) is 0 Å². The molecule has 0 radical (unpaired) electrons. The summed E-state index contributed by atoms with van der Waals surface area (Å²) in [6, 6.07) is 13.5. The second-order valence-corrected chi connectivity index (χ2v) is 8.10. The van der Waals surface area contributed by atoms with Crippen LogP contribution in [-0.2, 0) is 10.0 Å². The number of nitrogens with zero attached hydrogens (tertiary/aromatic N) is 1. The molecule has 154 valence electrons. The lowest BCUT2D eigenvalue weighted by Gasteiger charge is -2.10. The van der Waals surface area contributed by atoms with E-state index in [2.05, 4.69) is 10.0 Å². The van der Waals surface area contributed by atoms with Crippen LogP contribution in [0.25, 0.3) is 0 Å². The minimum absolute atomic E-state index is 0.0285. The number of nitro benzene ring substituents is 1. The maximum atomic E-state index is 12.9. The fraction of sp³-hybridized carbons (Fsp3) is 0. The Labute approximate surface area is 175 Å². The first-order valence-corrected chi connectivity index (χ1v) is 10.2. The van der Waals surface area contributed by atoms with Gasteiger partial charge in [-0.1, -0.05) is 11.6 Å². The Morgan fingerprint density at radius 3 is 2.17 bits per heavy atom. The highest BCUT2D eigenvalue weighted by Crippen LogP contribution is 2.24. The molecular formula is C19H13ClFN3O5S. The van der Waals surface area contributed by atoms with E-state index in [1.807, 2.05) is 0 Å². The van der Waals surface area contributed by atoms with Gasteiger partial charge in [0.05, 0.1) is 20.4 Å². The second kappa shape index (κ2) is 8.47. The lowest BCUT2D eigenvalue weighted by Crippen LogP contribution is -2.14. The Balaban J connectivity index is 1.75. The number of hydrogen-bond donors (Lipinski definition) is 2. The van der Waals surface area contributed by atoms with Crippen molar-refractivity contribution in [3.63, 3.8) is 0 Å². The SMILES string of the molecule is O=C(Nc1ccc(S(=O)(=O)Nc2ccc(F)cc2)cc1)c1cc([N+](=O)[O-])ccc1Cl. The van der Waals surface area contributed by atoms with Crippen molar-refractivity contribution >= 4 is 44.6 Å². The van der Waals surface area contributed by atoms with E-state index in [1.165, 1.54) is 48.5 Å². The molecule has 0 unspecified atom stereocenters. The van der Waals surface area contributed by atoms with Gasteiger partial charge in [-0.25, -0.2) is 12.8 Å². The van der Waals surface area contributed by atoms with E-state index in [4.69, 9.17) is 11.6 Å². The molecule has 0 saturated carbocycles. The summed E-state index contributed by atoms with van der Waals surface area (Å²) in [4.78, 5) is 22.5. The summed E-state index contributed by atoms with van der Waals surface area (Å²) in [5, 5.41) is 13.4. The van der Waals surface area contributed by atoms with Gasteiger partial charge in [-0.2, -0.15) is 0 Å². The van der Waals surface area contributed by atoms with Crippen LogP contribution in [0.1, 0.15) is 10.4 Å². The van der Waals surface area contributed by atoms with Crippen LogP contribution in [0.5, 0.6) is 0 Å². The second-order valence-electron chi connectivity index (χ2n) is 6.01. The summed E-state index contributed by atoms with van der Waals surface area (Å²) in [7, 11) is -3.93. The van der Waals surface area contributed by atoms with Crippen molar-refractivity contribution in [3.05, 3.63) is 93.2 Å². The molecule has 0 atom stereocenters. The maximum Gasteiger partial charge on any atom is 0.270 e. The van der Waals surface area contributed by atoms with Gasteiger partial charge in [0.1, 0.15) is 5.82 Å². The van der Waals surface area contributed by atoms with Crippen LogP contribution in [0, 0.1) is 15.9 Å². The Morgan fingerprint density at radius 1 is 0.967 bits per heavy atom. The van der Waals surface area contributed by atoms with Gasteiger partial charge in [0.15, 0.2) is 0 Å². The van der Waals surface area contributed by atoms with Crippen molar-refractivity contribution in [1.82, 2.24) is 0 Å². The smallest absolute Gasteiger partial charge is 0.270 e. The first-order chi connectivity index (χ1) is 14.2. The fourth-order valence-electron chi connectivity index (χ4n) is 2.45. The monoisotopic (exact) mass is 449 g/mol. The summed E-state index contributed by atoms with van der Waals surface area (Å²) < 4.78 is 40.1. The predicted octanol–water partition coefficient (Wildman–Crippen LogP) is 4.44. The zero-order valence-corrected chi connectivity index (χ0v) is 16.6. The number of nitro groups is 1. The average molecular weight is 450 g/mol. The van der Waals surface area contributed by atoms with E-state index in [0.29, 0.717) is 0 Å². The number of halogens is 2. The van der Waals surface area contributed by atoms with Crippen LogP contribution >= 0.6 is 11.6 Å². The molecule has 3 rings (SSSR count). The van der Waals surface area contributed by atoms with Crippen LogP contribution in [-0.4, -0.2) is 19.2 Å².